The number of carbonyl (C=O) groups excluding carboxylic acids is 2. The molecule has 1 aromatic rings. The number of likely N-dealkylation sites (N-methyl/N-ethyl adjacent to an activating group) is 1. The molecule has 114 valence electrons. The zero-order chi connectivity index (χ0) is 15.4. The van der Waals surface area contributed by atoms with E-state index in [1.807, 2.05) is 4.90 Å². The monoisotopic (exact) mass is 310 g/mol. The molecule has 0 bridgehead atoms. The summed E-state index contributed by atoms with van der Waals surface area (Å²) in [7, 11) is 1.61. The van der Waals surface area contributed by atoms with E-state index >= 15 is 0 Å². The van der Waals surface area contributed by atoms with Crippen LogP contribution in [0, 0.1) is 0 Å². The molecule has 6 nitrogen and oxygen atoms in total. The summed E-state index contributed by atoms with van der Waals surface area (Å²) in [6.07, 6.45) is 0. The third kappa shape index (κ3) is 3.86. The summed E-state index contributed by atoms with van der Waals surface area (Å²) in [6.45, 7) is 2.83. The lowest BCUT2D eigenvalue weighted by Crippen LogP contribution is -2.50. The summed E-state index contributed by atoms with van der Waals surface area (Å²) in [6, 6.07) is 4.90. The fourth-order valence-corrected chi connectivity index (χ4v) is 2.47. The van der Waals surface area contributed by atoms with Gasteiger partial charge in [-0.15, -0.1) is 0 Å². The lowest BCUT2D eigenvalue weighted by molar-refractivity contribution is -0.122. The number of nitrogen functional groups attached to an aromatic ring is 1. The van der Waals surface area contributed by atoms with Crippen LogP contribution in [0.15, 0.2) is 18.2 Å². The molecule has 1 saturated heterocycles. The summed E-state index contributed by atoms with van der Waals surface area (Å²) in [5, 5.41) is 3.00. The van der Waals surface area contributed by atoms with E-state index < -0.39 is 0 Å². The van der Waals surface area contributed by atoms with Crippen molar-refractivity contribution in [3.63, 3.8) is 0 Å². The van der Waals surface area contributed by atoms with E-state index in [1.54, 1.807) is 30.1 Å². The average Bonchev–Trinajstić information content (AvgIpc) is 2.49. The number of benzene rings is 1. The molecular weight excluding hydrogens is 292 g/mol. The van der Waals surface area contributed by atoms with Crippen LogP contribution < -0.4 is 11.1 Å². The van der Waals surface area contributed by atoms with Crippen molar-refractivity contribution >= 4 is 29.1 Å². The van der Waals surface area contributed by atoms with Crippen molar-refractivity contribution in [1.29, 1.82) is 0 Å². The Morgan fingerprint density at radius 1 is 1.29 bits per heavy atom. The zero-order valence-corrected chi connectivity index (χ0v) is 12.7. The number of hydrogen-bond acceptors (Lipinski definition) is 4. The van der Waals surface area contributed by atoms with Gasteiger partial charge >= 0.3 is 0 Å². The number of carbonyl (C=O) groups is 2. The predicted octanol–water partition coefficient (Wildman–Crippen LogP) is 0.426. The smallest absolute Gasteiger partial charge is 0.255 e. The molecule has 0 aliphatic carbocycles. The zero-order valence-electron chi connectivity index (χ0n) is 11.9. The van der Waals surface area contributed by atoms with Crippen LogP contribution in [0.4, 0.5) is 5.69 Å². The first-order valence-corrected chi connectivity index (χ1v) is 7.16. The van der Waals surface area contributed by atoms with E-state index in [1.165, 1.54) is 0 Å². The van der Waals surface area contributed by atoms with Gasteiger partial charge in [0.1, 0.15) is 0 Å². The number of piperazine rings is 1. The van der Waals surface area contributed by atoms with Crippen LogP contribution in [0.25, 0.3) is 0 Å². The Kier molecular flexibility index (Phi) is 5.03. The molecule has 3 N–H and O–H groups in total. The normalized spacial score (nSPS) is 15.8. The Bertz CT molecular complexity index is 542. The molecule has 1 fully saturated rings. The van der Waals surface area contributed by atoms with Gasteiger partial charge in [0.2, 0.25) is 5.91 Å². The van der Waals surface area contributed by atoms with Crippen LogP contribution in [0.2, 0.25) is 5.02 Å². The van der Waals surface area contributed by atoms with Crippen LogP contribution in [-0.4, -0.2) is 61.4 Å². The van der Waals surface area contributed by atoms with Crippen molar-refractivity contribution in [3.8, 4) is 0 Å². The van der Waals surface area contributed by atoms with Crippen molar-refractivity contribution in [2.75, 3.05) is 45.5 Å². The van der Waals surface area contributed by atoms with Gasteiger partial charge in [0, 0.05) is 38.9 Å². The molecule has 0 unspecified atom stereocenters. The van der Waals surface area contributed by atoms with Crippen molar-refractivity contribution in [3.05, 3.63) is 28.8 Å². The third-order valence-corrected chi connectivity index (χ3v) is 3.86. The molecule has 2 rings (SSSR count). The summed E-state index contributed by atoms with van der Waals surface area (Å²) < 4.78 is 0. The Morgan fingerprint density at radius 3 is 2.57 bits per heavy atom. The number of nitrogens with two attached hydrogens (primary N) is 1. The molecular formula is C14H19ClN4O2. The Morgan fingerprint density at radius 2 is 1.95 bits per heavy atom. The molecule has 0 aromatic heterocycles. The fraction of sp³-hybridized carbons (Fsp3) is 0.429. The van der Waals surface area contributed by atoms with Crippen molar-refractivity contribution in [2.24, 2.45) is 0 Å². The Hall–Kier alpha value is -1.79. The highest BCUT2D eigenvalue weighted by Gasteiger charge is 2.24. The second-order valence-corrected chi connectivity index (χ2v) is 5.39. The highest BCUT2D eigenvalue weighted by Crippen LogP contribution is 2.21. The molecule has 21 heavy (non-hydrogen) atoms. The van der Waals surface area contributed by atoms with Gasteiger partial charge in [-0.25, -0.2) is 0 Å². The van der Waals surface area contributed by atoms with Gasteiger partial charge < -0.3 is 16.0 Å². The van der Waals surface area contributed by atoms with E-state index in [-0.39, 0.29) is 11.8 Å². The maximum Gasteiger partial charge on any atom is 0.255 e. The molecule has 1 aliphatic rings. The van der Waals surface area contributed by atoms with E-state index in [4.69, 9.17) is 17.3 Å². The van der Waals surface area contributed by atoms with Gasteiger partial charge in [0.15, 0.2) is 0 Å². The summed E-state index contributed by atoms with van der Waals surface area (Å²) >= 11 is 6.06. The van der Waals surface area contributed by atoms with Crippen LogP contribution in [0.1, 0.15) is 10.4 Å². The van der Waals surface area contributed by atoms with E-state index in [0.717, 1.165) is 0 Å². The first-order chi connectivity index (χ1) is 10.0. The molecule has 1 aliphatic heterocycles. The molecule has 0 saturated carbocycles. The van der Waals surface area contributed by atoms with E-state index in [0.29, 0.717) is 49.0 Å². The second-order valence-electron chi connectivity index (χ2n) is 4.98. The maximum atomic E-state index is 12.4. The summed E-state index contributed by atoms with van der Waals surface area (Å²) in [4.78, 5) is 27.5. The lowest BCUT2D eigenvalue weighted by atomic mass is 10.1. The lowest BCUT2D eigenvalue weighted by Gasteiger charge is -2.34. The number of nitrogens with zero attached hydrogens (tertiary/aromatic N) is 2. The maximum absolute atomic E-state index is 12.4. The highest BCUT2D eigenvalue weighted by molar-refractivity contribution is 6.34. The Labute approximate surface area is 128 Å². The van der Waals surface area contributed by atoms with Gasteiger partial charge in [-0.2, -0.15) is 0 Å². The van der Waals surface area contributed by atoms with Gasteiger partial charge in [-0.05, 0) is 18.2 Å². The number of rotatable bonds is 3. The van der Waals surface area contributed by atoms with Crippen LogP contribution in [-0.2, 0) is 4.79 Å². The first kappa shape index (κ1) is 15.6. The molecule has 0 atom stereocenters. The largest absolute Gasteiger partial charge is 0.399 e. The fourth-order valence-electron chi connectivity index (χ4n) is 2.27. The summed E-state index contributed by atoms with van der Waals surface area (Å²) in [5.74, 6) is -0.138. The predicted molar refractivity (Wildman–Crippen MR) is 82.3 cm³/mol. The molecule has 0 spiro atoms. The molecule has 2 amide bonds. The van der Waals surface area contributed by atoms with Gasteiger partial charge in [0.05, 0.1) is 17.1 Å². The number of hydrogen-bond donors (Lipinski definition) is 2. The topological polar surface area (TPSA) is 78.7 Å². The van der Waals surface area contributed by atoms with Crippen LogP contribution >= 0.6 is 11.6 Å². The standard InChI is InChI=1S/C14H19ClN4O2/c1-17-13(20)9-18-4-6-19(7-5-18)14(21)11-8-10(16)2-3-12(11)15/h2-3,8H,4-7,9,16H2,1H3,(H,17,20). The third-order valence-electron chi connectivity index (χ3n) is 3.53. The summed E-state index contributed by atoms with van der Waals surface area (Å²) in [5.41, 5.74) is 6.65. The molecule has 1 aromatic carbocycles. The highest BCUT2D eigenvalue weighted by atomic mass is 35.5. The second kappa shape index (κ2) is 6.78. The first-order valence-electron chi connectivity index (χ1n) is 6.78. The van der Waals surface area contributed by atoms with Gasteiger partial charge in [-0.1, -0.05) is 11.6 Å². The molecule has 7 heteroatoms. The SMILES string of the molecule is CNC(=O)CN1CCN(C(=O)c2cc(N)ccc2Cl)CC1. The minimum Gasteiger partial charge on any atom is -0.399 e. The van der Waals surface area contributed by atoms with Gasteiger partial charge in [-0.3, -0.25) is 14.5 Å². The number of anilines is 1. The van der Waals surface area contributed by atoms with Gasteiger partial charge in [0.25, 0.3) is 5.91 Å². The molecule has 1 heterocycles. The van der Waals surface area contributed by atoms with Crippen molar-refractivity contribution < 1.29 is 9.59 Å². The van der Waals surface area contributed by atoms with Crippen molar-refractivity contribution in [2.45, 2.75) is 0 Å². The van der Waals surface area contributed by atoms with E-state index in [9.17, 15) is 9.59 Å². The number of amides is 2. The minimum absolute atomic E-state index is 0.0198. The number of halogens is 1. The molecule has 0 radical (unpaired) electrons. The van der Waals surface area contributed by atoms with Crippen LogP contribution in [0.5, 0.6) is 0 Å². The van der Waals surface area contributed by atoms with Crippen LogP contribution in [0.3, 0.4) is 0 Å². The Balaban J connectivity index is 1.97. The quantitative estimate of drug-likeness (QED) is 0.793. The number of nitrogens with one attached hydrogen (secondary N) is 1. The van der Waals surface area contributed by atoms with E-state index in [2.05, 4.69) is 5.32 Å². The minimum atomic E-state index is -0.119. The average molecular weight is 311 g/mol. The van der Waals surface area contributed by atoms with Crippen molar-refractivity contribution in [1.82, 2.24) is 15.1 Å².